The maximum atomic E-state index is 13.4. The number of aromatic carboxylic acids is 1. The third-order valence-electron chi connectivity index (χ3n) is 2.85. The van der Waals surface area contributed by atoms with Gasteiger partial charge in [0, 0.05) is 11.3 Å². The van der Waals surface area contributed by atoms with Crippen molar-refractivity contribution in [2.75, 3.05) is 5.32 Å². The van der Waals surface area contributed by atoms with Crippen LogP contribution in [0, 0.1) is 19.7 Å². The van der Waals surface area contributed by atoms with Crippen molar-refractivity contribution in [2.24, 2.45) is 0 Å². The van der Waals surface area contributed by atoms with Crippen molar-refractivity contribution in [1.29, 1.82) is 0 Å². The van der Waals surface area contributed by atoms with E-state index < -0.39 is 5.97 Å². The first kappa shape index (κ1) is 13.0. The molecular weight excluding hydrogens is 247 g/mol. The summed E-state index contributed by atoms with van der Waals surface area (Å²) in [5, 5.41) is 11.9. The van der Waals surface area contributed by atoms with Gasteiger partial charge in [-0.25, -0.2) is 14.2 Å². The zero-order valence-electron chi connectivity index (χ0n) is 10.6. The quantitative estimate of drug-likeness (QED) is 0.889. The van der Waals surface area contributed by atoms with Gasteiger partial charge in [0.1, 0.15) is 11.6 Å². The van der Waals surface area contributed by atoms with Gasteiger partial charge in [-0.15, -0.1) is 0 Å². The molecule has 0 aliphatic rings. The van der Waals surface area contributed by atoms with Crippen molar-refractivity contribution in [3.05, 3.63) is 53.0 Å². The molecule has 0 aliphatic carbocycles. The second-order valence-corrected chi connectivity index (χ2v) is 4.17. The number of aryl methyl sites for hydroxylation is 1. The smallest absolute Gasteiger partial charge is 0.337 e. The van der Waals surface area contributed by atoms with Crippen LogP contribution in [0.25, 0.3) is 0 Å². The zero-order valence-corrected chi connectivity index (χ0v) is 10.6. The first-order chi connectivity index (χ1) is 8.99. The molecule has 0 amide bonds. The predicted octanol–water partition coefficient (Wildman–Crippen LogP) is 3.28. The molecule has 2 N–H and O–H groups in total. The standard InChI is InChI=1S/C14H13FN2O2/c1-8-11(15)4-3-5-12(8)17-13-7-6-10(14(18)19)9(2)16-13/h3-7H,1-2H3,(H,16,17)(H,18,19). The summed E-state index contributed by atoms with van der Waals surface area (Å²) in [6.45, 7) is 3.28. The van der Waals surface area contributed by atoms with Crippen LogP contribution in [0.1, 0.15) is 21.6 Å². The van der Waals surface area contributed by atoms with E-state index in [-0.39, 0.29) is 11.4 Å². The van der Waals surface area contributed by atoms with Crippen LogP contribution >= 0.6 is 0 Å². The molecule has 2 rings (SSSR count). The van der Waals surface area contributed by atoms with E-state index in [0.29, 0.717) is 22.8 Å². The number of hydrogen-bond acceptors (Lipinski definition) is 3. The molecule has 2 aromatic rings. The van der Waals surface area contributed by atoms with Gasteiger partial charge in [-0.1, -0.05) is 6.07 Å². The summed E-state index contributed by atoms with van der Waals surface area (Å²) >= 11 is 0. The van der Waals surface area contributed by atoms with Gasteiger partial charge in [0.2, 0.25) is 0 Å². The average Bonchev–Trinajstić information content (AvgIpc) is 2.34. The Balaban J connectivity index is 2.32. The zero-order chi connectivity index (χ0) is 14.0. The van der Waals surface area contributed by atoms with Gasteiger partial charge in [-0.3, -0.25) is 0 Å². The van der Waals surface area contributed by atoms with E-state index in [1.165, 1.54) is 12.1 Å². The van der Waals surface area contributed by atoms with Crippen molar-refractivity contribution < 1.29 is 14.3 Å². The van der Waals surface area contributed by atoms with Crippen LogP contribution in [0.2, 0.25) is 0 Å². The third-order valence-corrected chi connectivity index (χ3v) is 2.85. The molecule has 98 valence electrons. The minimum absolute atomic E-state index is 0.154. The lowest BCUT2D eigenvalue weighted by molar-refractivity contribution is 0.0695. The van der Waals surface area contributed by atoms with E-state index in [9.17, 15) is 9.18 Å². The molecule has 0 unspecified atom stereocenters. The molecule has 0 saturated carbocycles. The molecule has 0 fully saturated rings. The van der Waals surface area contributed by atoms with Crippen LogP contribution in [-0.4, -0.2) is 16.1 Å². The fraction of sp³-hybridized carbons (Fsp3) is 0.143. The summed E-state index contributed by atoms with van der Waals surface area (Å²) in [5.41, 5.74) is 1.66. The van der Waals surface area contributed by atoms with E-state index >= 15 is 0 Å². The van der Waals surface area contributed by atoms with Crippen LogP contribution in [-0.2, 0) is 0 Å². The highest BCUT2D eigenvalue weighted by atomic mass is 19.1. The van der Waals surface area contributed by atoms with Gasteiger partial charge < -0.3 is 10.4 Å². The molecular formula is C14H13FN2O2. The molecule has 0 atom stereocenters. The summed E-state index contributed by atoms with van der Waals surface area (Å²) in [5.74, 6) is -0.835. The fourth-order valence-corrected chi connectivity index (χ4v) is 1.74. The van der Waals surface area contributed by atoms with Crippen molar-refractivity contribution in [3.63, 3.8) is 0 Å². The minimum atomic E-state index is -1.02. The van der Waals surface area contributed by atoms with Gasteiger partial charge >= 0.3 is 5.97 Å². The molecule has 0 bridgehead atoms. The lowest BCUT2D eigenvalue weighted by Gasteiger charge is -2.10. The van der Waals surface area contributed by atoms with E-state index in [1.54, 1.807) is 32.0 Å². The number of anilines is 2. The third kappa shape index (κ3) is 2.70. The number of pyridine rings is 1. The average molecular weight is 260 g/mol. The van der Waals surface area contributed by atoms with Gasteiger partial charge in [-0.2, -0.15) is 0 Å². The maximum absolute atomic E-state index is 13.4. The van der Waals surface area contributed by atoms with Crippen LogP contribution in [0.3, 0.4) is 0 Å². The number of nitrogens with one attached hydrogen (secondary N) is 1. The number of nitrogens with zero attached hydrogens (tertiary/aromatic N) is 1. The summed E-state index contributed by atoms with van der Waals surface area (Å²) in [4.78, 5) is 15.0. The van der Waals surface area contributed by atoms with Gasteiger partial charge in [-0.05, 0) is 38.1 Å². The lowest BCUT2D eigenvalue weighted by atomic mass is 10.2. The van der Waals surface area contributed by atoms with Gasteiger partial charge in [0.25, 0.3) is 0 Å². The second kappa shape index (κ2) is 5.06. The summed E-state index contributed by atoms with van der Waals surface area (Å²) < 4.78 is 13.4. The Hall–Kier alpha value is -2.43. The van der Waals surface area contributed by atoms with Crippen molar-refractivity contribution >= 4 is 17.5 Å². The summed E-state index contributed by atoms with van der Waals surface area (Å²) in [7, 11) is 0. The Kier molecular flexibility index (Phi) is 3.46. The first-order valence-corrected chi connectivity index (χ1v) is 5.72. The molecule has 0 saturated heterocycles. The molecule has 1 aromatic heterocycles. The normalized spacial score (nSPS) is 10.3. The highest BCUT2D eigenvalue weighted by molar-refractivity contribution is 5.89. The number of rotatable bonds is 3. The fourth-order valence-electron chi connectivity index (χ4n) is 1.74. The molecule has 5 heteroatoms. The number of carboxylic acid groups (broad SMARTS) is 1. The minimum Gasteiger partial charge on any atom is -0.478 e. The van der Waals surface area contributed by atoms with Crippen molar-refractivity contribution in [2.45, 2.75) is 13.8 Å². The second-order valence-electron chi connectivity index (χ2n) is 4.17. The SMILES string of the molecule is Cc1nc(Nc2cccc(F)c2C)ccc1C(=O)O. The highest BCUT2D eigenvalue weighted by Crippen LogP contribution is 2.22. The molecule has 1 aromatic carbocycles. The Bertz CT molecular complexity index is 641. The number of halogens is 1. The number of benzene rings is 1. The maximum Gasteiger partial charge on any atom is 0.337 e. The molecule has 0 spiro atoms. The Labute approximate surface area is 109 Å². The molecule has 4 nitrogen and oxygen atoms in total. The van der Waals surface area contributed by atoms with E-state index in [0.717, 1.165) is 0 Å². The molecule has 0 aliphatic heterocycles. The topological polar surface area (TPSA) is 62.2 Å². The summed E-state index contributed by atoms with van der Waals surface area (Å²) in [6, 6.07) is 7.75. The van der Waals surface area contributed by atoms with Crippen molar-refractivity contribution in [3.8, 4) is 0 Å². The largest absolute Gasteiger partial charge is 0.478 e. The molecule has 0 radical (unpaired) electrons. The van der Waals surface area contributed by atoms with E-state index in [4.69, 9.17) is 5.11 Å². The van der Waals surface area contributed by atoms with Crippen LogP contribution in [0.15, 0.2) is 30.3 Å². The number of aromatic nitrogens is 1. The Morgan fingerprint density at radius 3 is 2.63 bits per heavy atom. The van der Waals surface area contributed by atoms with Gasteiger partial charge in [0.05, 0.1) is 11.3 Å². The van der Waals surface area contributed by atoms with E-state index in [1.807, 2.05) is 0 Å². The number of carbonyl (C=O) groups is 1. The monoisotopic (exact) mass is 260 g/mol. The highest BCUT2D eigenvalue weighted by Gasteiger charge is 2.09. The predicted molar refractivity (Wildman–Crippen MR) is 70.4 cm³/mol. The Morgan fingerprint density at radius 2 is 2.00 bits per heavy atom. The summed E-state index contributed by atoms with van der Waals surface area (Å²) in [6.07, 6.45) is 0. The van der Waals surface area contributed by atoms with Crippen LogP contribution < -0.4 is 5.32 Å². The molecule has 19 heavy (non-hydrogen) atoms. The number of carboxylic acids is 1. The first-order valence-electron chi connectivity index (χ1n) is 5.72. The van der Waals surface area contributed by atoms with Gasteiger partial charge in [0.15, 0.2) is 0 Å². The number of hydrogen-bond donors (Lipinski definition) is 2. The van der Waals surface area contributed by atoms with Crippen molar-refractivity contribution in [1.82, 2.24) is 4.98 Å². The van der Waals surface area contributed by atoms with Crippen LogP contribution in [0.5, 0.6) is 0 Å². The van der Waals surface area contributed by atoms with Crippen LogP contribution in [0.4, 0.5) is 15.9 Å². The Morgan fingerprint density at radius 1 is 1.26 bits per heavy atom. The molecule has 1 heterocycles. The lowest BCUT2D eigenvalue weighted by Crippen LogP contribution is -2.04. The van der Waals surface area contributed by atoms with E-state index in [2.05, 4.69) is 10.3 Å².